The summed E-state index contributed by atoms with van der Waals surface area (Å²) in [6.45, 7) is 0.195. The zero-order valence-corrected chi connectivity index (χ0v) is 9.68. The molecule has 1 aromatic rings. The van der Waals surface area contributed by atoms with Crippen LogP contribution in [-0.4, -0.2) is 46.6 Å². The molecule has 0 radical (unpaired) electrons. The molecular formula is C12H17NO4. The molecule has 0 heterocycles. The normalized spacial score (nSPS) is 11.3. The average molecular weight is 239 g/mol. The third-order valence-corrected chi connectivity index (χ3v) is 2.68. The first-order valence-electron chi connectivity index (χ1n) is 5.29. The summed E-state index contributed by atoms with van der Waals surface area (Å²) in [6, 6.07) is 6.96. The maximum Gasteiger partial charge on any atom is 0.252 e. The van der Waals surface area contributed by atoms with Gasteiger partial charge in [0.05, 0.1) is 19.8 Å². The van der Waals surface area contributed by atoms with E-state index < -0.39 is 31.3 Å². The Hall–Kier alpha value is -1.43. The molecule has 0 spiro atoms. The van der Waals surface area contributed by atoms with Gasteiger partial charge in [-0.1, -0.05) is 18.2 Å². The number of benzene rings is 1. The molecule has 1 amide bonds. The minimum absolute atomic E-state index is 0.430. The Morgan fingerprint density at radius 3 is 2.18 bits per heavy atom. The molecule has 94 valence electrons. The molecule has 0 bridgehead atoms. The summed E-state index contributed by atoms with van der Waals surface area (Å²) in [5.41, 5.74) is -0.153. The molecule has 5 heteroatoms. The number of carbonyl (C=O) groups excluding carboxylic acids is 1. The van der Waals surface area contributed by atoms with Gasteiger partial charge in [-0.3, -0.25) is 4.79 Å². The standard InChI is InChI=1S/C12H17NO4/c1-9-4-2-3-5-10(9)11(17)13-12(6-14,7-15)8-16/h2-5,14-16H,6-8H2,1H3,(H,13,17). The van der Waals surface area contributed by atoms with Gasteiger partial charge in [0.2, 0.25) is 0 Å². The lowest BCUT2D eigenvalue weighted by molar-refractivity contribution is 0.0375. The number of amides is 1. The predicted molar refractivity (Wildman–Crippen MR) is 62.6 cm³/mol. The molecule has 0 unspecified atom stereocenters. The van der Waals surface area contributed by atoms with Crippen LogP contribution >= 0.6 is 0 Å². The highest BCUT2D eigenvalue weighted by molar-refractivity contribution is 5.96. The SMILES string of the molecule is Cc1ccccc1C(=O)NC(CO)(CO)CO. The molecular weight excluding hydrogens is 222 g/mol. The van der Waals surface area contributed by atoms with E-state index in [-0.39, 0.29) is 0 Å². The molecule has 0 fully saturated rings. The smallest absolute Gasteiger partial charge is 0.252 e. The Morgan fingerprint density at radius 2 is 1.71 bits per heavy atom. The highest BCUT2D eigenvalue weighted by Crippen LogP contribution is 2.09. The fourth-order valence-corrected chi connectivity index (χ4v) is 1.40. The molecule has 1 rings (SSSR count). The summed E-state index contributed by atoms with van der Waals surface area (Å²) in [4.78, 5) is 11.9. The van der Waals surface area contributed by atoms with E-state index in [9.17, 15) is 4.79 Å². The molecule has 0 aromatic heterocycles. The first kappa shape index (κ1) is 13.6. The summed E-state index contributed by atoms with van der Waals surface area (Å²) in [5.74, 6) is -0.430. The van der Waals surface area contributed by atoms with Crippen LogP contribution in [0, 0.1) is 6.92 Å². The maximum atomic E-state index is 11.9. The molecule has 4 N–H and O–H groups in total. The Labute approximate surface area is 99.7 Å². The Kier molecular flexibility index (Phi) is 4.62. The van der Waals surface area contributed by atoms with Crippen LogP contribution in [-0.2, 0) is 0 Å². The van der Waals surface area contributed by atoms with E-state index in [0.29, 0.717) is 5.56 Å². The van der Waals surface area contributed by atoms with Crippen LogP contribution in [0.15, 0.2) is 24.3 Å². The fourth-order valence-electron chi connectivity index (χ4n) is 1.40. The molecule has 17 heavy (non-hydrogen) atoms. The van der Waals surface area contributed by atoms with Crippen molar-refractivity contribution in [3.05, 3.63) is 35.4 Å². The van der Waals surface area contributed by atoms with Crippen LogP contribution in [0.4, 0.5) is 0 Å². The van der Waals surface area contributed by atoms with Crippen LogP contribution in [0.25, 0.3) is 0 Å². The number of aliphatic hydroxyl groups excluding tert-OH is 3. The van der Waals surface area contributed by atoms with Crippen molar-refractivity contribution in [1.29, 1.82) is 0 Å². The fraction of sp³-hybridized carbons (Fsp3) is 0.417. The number of hydrogen-bond donors (Lipinski definition) is 4. The lowest BCUT2D eigenvalue weighted by Crippen LogP contribution is -2.57. The van der Waals surface area contributed by atoms with Crippen molar-refractivity contribution in [2.45, 2.75) is 12.5 Å². The van der Waals surface area contributed by atoms with E-state index in [1.54, 1.807) is 25.1 Å². The van der Waals surface area contributed by atoms with Crippen molar-refractivity contribution in [2.75, 3.05) is 19.8 Å². The summed E-state index contributed by atoms with van der Waals surface area (Å²) >= 11 is 0. The van der Waals surface area contributed by atoms with Gasteiger partial charge in [-0.05, 0) is 18.6 Å². The highest BCUT2D eigenvalue weighted by atomic mass is 16.3. The Balaban J connectivity index is 2.89. The second kappa shape index (κ2) is 5.77. The largest absolute Gasteiger partial charge is 0.394 e. The second-order valence-corrected chi connectivity index (χ2v) is 4.02. The van der Waals surface area contributed by atoms with Gasteiger partial charge in [0.1, 0.15) is 5.54 Å². The highest BCUT2D eigenvalue weighted by Gasteiger charge is 2.30. The number of carbonyl (C=O) groups is 1. The molecule has 0 aliphatic rings. The molecule has 5 nitrogen and oxygen atoms in total. The van der Waals surface area contributed by atoms with Crippen LogP contribution in [0.3, 0.4) is 0 Å². The monoisotopic (exact) mass is 239 g/mol. The van der Waals surface area contributed by atoms with Crippen molar-refractivity contribution in [1.82, 2.24) is 5.32 Å². The van der Waals surface area contributed by atoms with E-state index in [4.69, 9.17) is 15.3 Å². The summed E-state index contributed by atoms with van der Waals surface area (Å²) in [6.07, 6.45) is 0. The second-order valence-electron chi connectivity index (χ2n) is 4.02. The first-order valence-corrected chi connectivity index (χ1v) is 5.29. The number of rotatable bonds is 5. The quantitative estimate of drug-likeness (QED) is 0.554. The molecule has 0 saturated carbocycles. The van der Waals surface area contributed by atoms with Crippen molar-refractivity contribution in [3.63, 3.8) is 0 Å². The lowest BCUT2D eigenvalue weighted by atomic mass is 10.0. The minimum Gasteiger partial charge on any atom is -0.394 e. The first-order chi connectivity index (χ1) is 8.08. The van der Waals surface area contributed by atoms with Gasteiger partial charge >= 0.3 is 0 Å². The average Bonchev–Trinajstić information content (AvgIpc) is 2.36. The van der Waals surface area contributed by atoms with Gasteiger partial charge in [-0.15, -0.1) is 0 Å². The molecule has 0 atom stereocenters. The van der Waals surface area contributed by atoms with Gasteiger partial charge in [0.25, 0.3) is 5.91 Å². The van der Waals surface area contributed by atoms with Crippen molar-refractivity contribution in [2.24, 2.45) is 0 Å². The van der Waals surface area contributed by atoms with Gasteiger partial charge in [-0.2, -0.15) is 0 Å². The molecule has 1 aromatic carbocycles. The topological polar surface area (TPSA) is 89.8 Å². The van der Waals surface area contributed by atoms with E-state index in [1.807, 2.05) is 6.07 Å². The minimum atomic E-state index is -1.39. The van der Waals surface area contributed by atoms with Gasteiger partial charge in [0, 0.05) is 5.56 Å². The lowest BCUT2D eigenvalue weighted by Gasteiger charge is -2.28. The van der Waals surface area contributed by atoms with Crippen molar-refractivity contribution < 1.29 is 20.1 Å². The Morgan fingerprint density at radius 1 is 1.18 bits per heavy atom. The third kappa shape index (κ3) is 3.03. The van der Waals surface area contributed by atoms with Crippen LogP contribution < -0.4 is 5.32 Å². The van der Waals surface area contributed by atoms with Gasteiger partial charge < -0.3 is 20.6 Å². The summed E-state index contributed by atoms with van der Waals surface area (Å²) < 4.78 is 0. The van der Waals surface area contributed by atoms with Crippen LogP contribution in [0.5, 0.6) is 0 Å². The molecule has 0 aliphatic carbocycles. The van der Waals surface area contributed by atoms with E-state index in [1.165, 1.54) is 0 Å². The molecule has 0 aliphatic heterocycles. The zero-order chi connectivity index (χ0) is 12.9. The number of nitrogens with one attached hydrogen (secondary N) is 1. The zero-order valence-electron chi connectivity index (χ0n) is 9.68. The van der Waals surface area contributed by atoms with E-state index in [0.717, 1.165) is 5.56 Å². The van der Waals surface area contributed by atoms with E-state index >= 15 is 0 Å². The van der Waals surface area contributed by atoms with Crippen molar-refractivity contribution >= 4 is 5.91 Å². The van der Waals surface area contributed by atoms with Gasteiger partial charge in [0.15, 0.2) is 0 Å². The predicted octanol–water partition coefficient (Wildman–Crippen LogP) is -0.559. The van der Waals surface area contributed by atoms with Crippen LogP contribution in [0.2, 0.25) is 0 Å². The number of aryl methyl sites for hydroxylation is 1. The molecule has 0 saturated heterocycles. The Bertz CT molecular complexity index is 380. The maximum absolute atomic E-state index is 11.9. The summed E-state index contributed by atoms with van der Waals surface area (Å²) in [5, 5.41) is 29.8. The summed E-state index contributed by atoms with van der Waals surface area (Å²) in [7, 11) is 0. The number of hydrogen-bond acceptors (Lipinski definition) is 4. The van der Waals surface area contributed by atoms with Crippen LogP contribution in [0.1, 0.15) is 15.9 Å². The number of aliphatic hydroxyl groups is 3. The van der Waals surface area contributed by atoms with Crippen molar-refractivity contribution in [3.8, 4) is 0 Å². The van der Waals surface area contributed by atoms with E-state index in [2.05, 4.69) is 5.32 Å². The third-order valence-electron chi connectivity index (χ3n) is 2.68. The van der Waals surface area contributed by atoms with Gasteiger partial charge in [-0.25, -0.2) is 0 Å².